The van der Waals surface area contributed by atoms with Gasteiger partial charge in [-0.3, -0.25) is 20.2 Å². The average molecular weight is 344 g/mol. The van der Waals surface area contributed by atoms with Crippen LogP contribution in [0.15, 0.2) is 66.7 Å². The normalized spacial score (nSPS) is 13.3. The highest BCUT2D eigenvalue weighted by atomic mass is 16.6. The van der Waals surface area contributed by atoms with Crippen LogP contribution in [0, 0.1) is 20.2 Å². The molecule has 0 fully saturated rings. The lowest BCUT2D eigenvalue weighted by Crippen LogP contribution is -1.90. The fourth-order valence-corrected chi connectivity index (χ4v) is 3.22. The number of nitro groups is 2. The first-order chi connectivity index (χ1) is 12.5. The number of nitrogens with zero attached hydrogens (tertiary/aromatic N) is 2. The molecular weight excluding hydrogens is 332 g/mol. The van der Waals surface area contributed by atoms with Crippen LogP contribution in [0.5, 0.6) is 0 Å². The summed E-state index contributed by atoms with van der Waals surface area (Å²) in [5.74, 6) is 0. The predicted molar refractivity (Wildman–Crippen MR) is 98.6 cm³/mol. The maximum atomic E-state index is 11.2. The monoisotopic (exact) mass is 344 g/mol. The van der Waals surface area contributed by atoms with E-state index in [1.54, 1.807) is 24.3 Å². The molecule has 0 N–H and O–H groups in total. The number of rotatable bonds is 3. The number of hydrogen-bond donors (Lipinski definition) is 0. The van der Waals surface area contributed by atoms with Crippen LogP contribution in [-0.4, -0.2) is 9.85 Å². The molecule has 0 amide bonds. The number of non-ortho nitro benzene ring substituents is 2. The molecule has 1 aliphatic carbocycles. The van der Waals surface area contributed by atoms with Crippen molar-refractivity contribution in [2.75, 3.05) is 0 Å². The highest BCUT2D eigenvalue weighted by Gasteiger charge is 2.25. The Bertz CT molecular complexity index is 1090. The van der Waals surface area contributed by atoms with E-state index in [9.17, 15) is 20.2 Å². The summed E-state index contributed by atoms with van der Waals surface area (Å²) in [6.45, 7) is 0. The smallest absolute Gasteiger partial charge is 0.258 e. The van der Waals surface area contributed by atoms with Gasteiger partial charge in [-0.15, -0.1) is 0 Å². The van der Waals surface area contributed by atoms with Crippen molar-refractivity contribution >= 4 is 23.0 Å². The van der Waals surface area contributed by atoms with Crippen LogP contribution < -0.4 is 0 Å². The molecule has 26 heavy (non-hydrogen) atoms. The molecule has 6 nitrogen and oxygen atoms in total. The minimum atomic E-state index is -0.444. The molecule has 0 atom stereocenters. The van der Waals surface area contributed by atoms with Gasteiger partial charge in [-0.25, -0.2) is 0 Å². The van der Waals surface area contributed by atoms with Gasteiger partial charge in [0.2, 0.25) is 0 Å². The van der Waals surface area contributed by atoms with E-state index in [0.717, 1.165) is 33.4 Å². The zero-order valence-corrected chi connectivity index (χ0v) is 13.5. The lowest BCUT2D eigenvalue weighted by molar-refractivity contribution is -0.385. The summed E-state index contributed by atoms with van der Waals surface area (Å²) >= 11 is 0. The summed E-state index contributed by atoms with van der Waals surface area (Å²) in [5.41, 5.74) is 5.46. The number of benzene rings is 3. The first-order valence-corrected chi connectivity index (χ1v) is 7.89. The second-order valence-corrected chi connectivity index (χ2v) is 5.94. The van der Waals surface area contributed by atoms with Gasteiger partial charge in [0.05, 0.1) is 9.85 Å². The fourth-order valence-electron chi connectivity index (χ4n) is 3.22. The SMILES string of the molecule is O=[N+]([O-])c1ccc(/C=C2/c3ccccc3-c3ccc([N+](=O)[O-])cc32)cc1. The quantitative estimate of drug-likeness (QED) is 0.383. The van der Waals surface area contributed by atoms with Gasteiger partial charge in [-0.1, -0.05) is 24.3 Å². The predicted octanol–water partition coefficient (Wildman–Crippen LogP) is 5.07. The van der Waals surface area contributed by atoms with E-state index in [0.29, 0.717) is 0 Å². The van der Waals surface area contributed by atoms with Crippen LogP contribution in [0.2, 0.25) is 0 Å². The molecule has 0 aromatic heterocycles. The molecule has 1 aliphatic rings. The van der Waals surface area contributed by atoms with Crippen molar-refractivity contribution in [2.24, 2.45) is 0 Å². The Morgan fingerprint density at radius 1 is 0.654 bits per heavy atom. The van der Waals surface area contributed by atoms with Crippen LogP contribution in [0.25, 0.3) is 22.8 Å². The van der Waals surface area contributed by atoms with Gasteiger partial charge >= 0.3 is 0 Å². The molecule has 0 unspecified atom stereocenters. The third-order valence-corrected chi connectivity index (χ3v) is 4.43. The van der Waals surface area contributed by atoms with Gasteiger partial charge in [0.25, 0.3) is 11.4 Å². The van der Waals surface area contributed by atoms with Gasteiger partial charge in [-0.2, -0.15) is 0 Å². The largest absolute Gasteiger partial charge is 0.270 e. The lowest BCUT2D eigenvalue weighted by atomic mass is 10.0. The van der Waals surface area contributed by atoms with Crippen LogP contribution in [0.1, 0.15) is 16.7 Å². The highest BCUT2D eigenvalue weighted by molar-refractivity contribution is 6.06. The number of fused-ring (bicyclic) bond motifs is 3. The van der Waals surface area contributed by atoms with Crippen molar-refractivity contribution in [1.82, 2.24) is 0 Å². The lowest BCUT2D eigenvalue weighted by Gasteiger charge is -2.03. The van der Waals surface area contributed by atoms with Crippen molar-refractivity contribution < 1.29 is 9.85 Å². The number of hydrogen-bond acceptors (Lipinski definition) is 4. The van der Waals surface area contributed by atoms with Gasteiger partial charge in [0, 0.05) is 24.3 Å². The van der Waals surface area contributed by atoms with E-state index in [1.807, 2.05) is 30.3 Å². The Hall–Kier alpha value is -3.80. The molecule has 0 heterocycles. The standard InChI is InChI=1S/C20H12N2O4/c23-21(24)14-7-5-13(6-8-14)11-19-17-4-2-1-3-16(17)18-10-9-15(22(25)26)12-20(18)19/h1-12H/b19-11-. The van der Waals surface area contributed by atoms with Crippen LogP contribution in [0.4, 0.5) is 11.4 Å². The fraction of sp³-hybridized carbons (Fsp3) is 0. The first kappa shape index (κ1) is 15.7. The minimum absolute atomic E-state index is 0.0232. The zero-order chi connectivity index (χ0) is 18.3. The maximum absolute atomic E-state index is 11.2. The minimum Gasteiger partial charge on any atom is -0.258 e. The Balaban J connectivity index is 1.89. The Morgan fingerprint density at radius 2 is 1.23 bits per heavy atom. The summed E-state index contributed by atoms with van der Waals surface area (Å²) in [5, 5.41) is 22.0. The summed E-state index contributed by atoms with van der Waals surface area (Å²) in [6, 6.07) is 18.9. The van der Waals surface area contributed by atoms with Gasteiger partial charge in [0.15, 0.2) is 0 Å². The molecule has 0 bridgehead atoms. The van der Waals surface area contributed by atoms with Crippen molar-refractivity contribution in [3.63, 3.8) is 0 Å². The summed E-state index contributed by atoms with van der Waals surface area (Å²) < 4.78 is 0. The van der Waals surface area contributed by atoms with E-state index in [1.165, 1.54) is 18.2 Å². The van der Waals surface area contributed by atoms with E-state index in [4.69, 9.17) is 0 Å². The van der Waals surface area contributed by atoms with Gasteiger partial charge in [0.1, 0.15) is 0 Å². The van der Waals surface area contributed by atoms with E-state index >= 15 is 0 Å². The van der Waals surface area contributed by atoms with Crippen molar-refractivity contribution in [1.29, 1.82) is 0 Å². The van der Waals surface area contributed by atoms with E-state index < -0.39 is 9.85 Å². The Labute approximate surface area is 148 Å². The van der Waals surface area contributed by atoms with Crippen molar-refractivity contribution in [3.05, 3.63) is 104 Å². The first-order valence-electron chi connectivity index (χ1n) is 7.89. The molecule has 126 valence electrons. The number of nitro benzene ring substituents is 2. The Morgan fingerprint density at radius 3 is 1.88 bits per heavy atom. The molecule has 3 aromatic rings. The molecule has 0 saturated carbocycles. The summed E-state index contributed by atoms with van der Waals surface area (Å²) in [6.07, 6.45) is 1.90. The second kappa shape index (κ2) is 5.93. The molecule has 0 spiro atoms. The van der Waals surface area contributed by atoms with E-state index in [-0.39, 0.29) is 11.4 Å². The van der Waals surface area contributed by atoms with Gasteiger partial charge < -0.3 is 0 Å². The molecule has 3 aromatic carbocycles. The Kier molecular flexibility index (Phi) is 3.58. The van der Waals surface area contributed by atoms with Gasteiger partial charge in [-0.05, 0) is 57.7 Å². The van der Waals surface area contributed by atoms with Crippen LogP contribution in [0.3, 0.4) is 0 Å². The molecular formula is C20H12N2O4. The zero-order valence-electron chi connectivity index (χ0n) is 13.5. The third kappa shape index (κ3) is 2.53. The second-order valence-electron chi connectivity index (χ2n) is 5.94. The topological polar surface area (TPSA) is 86.3 Å². The average Bonchev–Trinajstić information content (AvgIpc) is 2.96. The highest BCUT2D eigenvalue weighted by Crippen LogP contribution is 2.46. The van der Waals surface area contributed by atoms with Crippen molar-refractivity contribution in [3.8, 4) is 11.1 Å². The molecule has 0 aliphatic heterocycles. The molecule has 4 rings (SSSR count). The molecule has 0 saturated heterocycles. The van der Waals surface area contributed by atoms with Crippen LogP contribution in [-0.2, 0) is 0 Å². The molecule has 0 radical (unpaired) electrons. The molecule has 6 heteroatoms. The third-order valence-electron chi connectivity index (χ3n) is 4.43. The summed E-state index contributed by atoms with van der Waals surface area (Å²) in [7, 11) is 0. The van der Waals surface area contributed by atoms with Crippen LogP contribution >= 0.6 is 0 Å². The van der Waals surface area contributed by atoms with Crippen molar-refractivity contribution in [2.45, 2.75) is 0 Å². The maximum Gasteiger partial charge on any atom is 0.270 e. The van der Waals surface area contributed by atoms with E-state index in [2.05, 4.69) is 0 Å². The summed E-state index contributed by atoms with van der Waals surface area (Å²) in [4.78, 5) is 21.1.